The van der Waals surface area contributed by atoms with Crippen molar-refractivity contribution in [3.05, 3.63) is 48.0 Å². The first-order chi connectivity index (χ1) is 12.6. The van der Waals surface area contributed by atoms with Crippen molar-refractivity contribution in [1.29, 1.82) is 0 Å². The van der Waals surface area contributed by atoms with Crippen LogP contribution in [0.5, 0.6) is 0 Å². The molecule has 2 aromatic rings. The predicted molar refractivity (Wildman–Crippen MR) is 97.4 cm³/mol. The number of hydrogen-bond donors (Lipinski definition) is 2. The predicted octanol–water partition coefficient (Wildman–Crippen LogP) is 4.03. The Bertz CT molecular complexity index is 976. The van der Waals surface area contributed by atoms with E-state index in [9.17, 15) is 26.4 Å². The van der Waals surface area contributed by atoms with Gasteiger partial charge in [-0.2, -0.15) is 13.2 Å². The molecular formula is C17H15F3N2O3S2. The Kier molecular flexibility index (Phi) is 5.38. The number of rotatable bonds is 5. The van der Waals surface area contributed by atoms with E-state index in [1.54, 1.807) is 0 Å². The first kappa shape index (κ1) is 19.6. The van der Waals surface area contributed by atoms with Crippen LogP contribution in [0.4, 0.5) is 24.5 Å². The standard InChI is InChI=1S/C17H15F3N2O3S2/c18-17(19,20)10-26-15-4-2-1-3-14(15)22-27(24,25)12-6-7-13-11(9-12)5-8-16(23)21-13/h1-4,6-7,9,22H,5,8,10H2,(H,21,23). The molecule has 0 unspecified atom stereocenters. The number of alkyl halides is 3. The fourth-order valence-electron chi connectivity index (χ4n) is 2.57. The van der Waals surface area contributed by atoms with Crippen molar-refractivity contribution in [2.75, 3.05) is 15.8 Å². The van der Waals surface area contributed by atoms with E-state index in [4.69, 9.17) is 0 Å². The second-order valence-corrected chi connectivity index (χ2v) is 8.57. The fraction of sp³-hybridized carbons (Fsp3) is 0.235. The lowest BCUT2D eigenvalue weighted by Gasteiger charge is -2.18. The van der Waals surface area contributed by atoms with Gasteiger partial charge in [-0.15, -0.1) is 11.8 Å². The van der Waals surface area contributed by atoms with Gasteiger partial charge in [-0.25, -0.2) is 8.42 Å². The minimum absolute atomic E-state index is 0.0203. The number of thioether (sulfide) groups is 1. The second-order valence-electron chi connectivity index (χ2n) is 5.87. The average Bonchev–Trinajstić information content (AvgIpc) is 2.59. The zero-order valence-corrected chi connectivity index (χ0v) is 15.5. The third kappa shape index (κ3) is 4.95. The third-order valence-electron chi connectivity index (χ3n) is 3.81. The summed E-state index contributed by atoms with van der Waals surface area (Å²) in [6.07, 6.45) is -3.68. The minimum atomic E-state index is -4.36. The van der Waals surface area contributed by atoms with E-state index in [1.165, 1.54) is 42.5 Å². The number of carbonyl (C=O) groups excluding carboxylic acids is 1. The number of amides is 1. The second kappa shape index (κ2) is 7.43. The number of para-hydroxylation sites is 1. The molecular weight excluding hydrogens is 401 g/mol. The zero-order chi connectivity index (χ0) is 19.7. The molecule has 1 aliphatic heterocycles. The Morgan fingerprint density at radius 3 is 2.59 bits per heavy atom. The Hall–Kier alpha value is -2.20. The molecule has 1 heterocycles. The van der Waals surface area contributed by atoms with Crippen molar-refractivity contribution in [2.45, 2.75) is 28.8 Å². The molecule has 0 saturated carbocycles. The number of fused-ring (bicyclic) bond motifs is 1. The van der Waals surface area contributed by atoms with Crippen molar-refractivity contribution >= 4 is 39.1 Å². The fourth-order valence-corrected chi connectivity index (χ4v) is 4.53. The first-order valence-electron chi connectivity index (χ1n) is 7.88. The zero-order valence-electron chi connectivity index (χ0n) is 13.8. The van der Waals surface area contributed by atoms with Gasteiger partial charge in [-0.1, -0.05) is 12.1 Å². The topological polar surface area (TPSA) is 75.3 Å². The number of carbonyl (C=O) groups is 1. The van der Waals surface area contributed by atoms with Crippen molar-refractivity contribution in [3.63, 3.8) is 0 Å². The molecule has 5 nitrogen and oxygen atoms in total. The van der Waals surface area contributed by atoms with Gasteiger partial charge >= 0.3 is 6.18 Å². The van der Waals surface area contributed by atoms with Crippen LogP contribution in [0.1, 0.15) is 12.0 Å². The van der Waals surface area contributed by atoms with Gasteiger partial charge in [0.05, 0.1) is 16.3 Å². The number of halogens is 3. The first-order valence-corrected chi connectivity index (χ1v) is 10.4. The number of aryl methyl sites for hydroxylation is 1. The van der Waals surface area contributed by atoms with Gasteiger partial charge in [0.2, 0.25) is 5.91 Å². The highest BCUT2D eigenvalue weighted by atomic mass is 32.2. The highest BCUT2D eigenvalue weighted by Crippen LogP contribution is 2.33. The number of benzene rings is 2. The SMILES string of the molecule is O=C1CCc2cc(S(=O)(=O)Nc3ccccc3SCC(F)(F)F)ccc2N1. The van der Waals surface area contributed by atoms with Crippen LogP contribution in [0, 0.1) is 0 Å². The number of hydrogen-bond acceptors (Lipinski definition) is 4. The van der Waals surface area contributed by atoms with E-state index in [0.29, 0.717) is 29.4 Å². The summed E-state index contributed by atoms with van der Waals surface area (Å²) in [5, 5.41) is 2.66. The number of nitrogens with one attached hydrogen (secondary N) is 2. The van der Waals surface area contributed by atoms with Crippen LogP contribution < -0.4 is 10.0 Å². The third-order valence-corrected chi connectivity index (χ3v) is 6.31. The summed E-state index contributed by atoms with van der Waals surface area (Å²) in [6.45, 7) is 0. The monoisotopic (exact) mass is 416 g/mol. The number of sulfonamides is 1. The van der Waals surface area contributed by atoms with Crippen LogP contribution in [-0.4, -0.2) is 26.3 Å². The van der Waals surface area contributed by atoms with E-state index in [1.807, 2.05) is 0 Å². The molecule has 2 N–H and O–H groups in total. The van der Waals surface area contributed by atoms with Crippen molar-refractivity contribution in [2.24, 2.45) is 0 Å². The Labute approximate surface area is 158 Å². The Morgan fingerprint density at radius 1 is 1.11 bits per heavy atom. The lowest BCUT2D eigenvalue weighted by atomic mass is 10.0. The molecule has 10 heteroatoms. The van der Waals surface area contributed by atoms with Crippen LogP contribution in [0.15, 0.2) is 52.3 Å². The summed E-state index contributed by atoms with van der Waals surface area (Å²) in [4.78, 5) is 11.6. The van der Waals surface area contributed by atoms with Crippen LogP contribution in [0.25, 0.3) is 0 Å². The molecule has 1 aliphatic rings. The quantitative estimate of drug-likeness (QED) is 0.722. The van der Waals surface area contributed by atoms with Gasteiger partial charge in [0.1, 0.15) is 0 Å². The van der Waals surface area contributed by atoms with Gasteiger partial charge in [0, 0.05) is 17.0 Å². The van der Waals surface area contributed by atoms with Crippen molar-refractivity contribution < 1.29 is 26.4 Å². The van der Waals surface area contributed by atoms with E-state index in [2.05, 4.69) is 10.0 Å². The van der Waals surface area contributed by atoms with Crippen molar-refractivity contribution in [1.82, 2.24) is 0 Å². The normalized spacial score (nSPS) is 14.4. The summed E-state index contributed by atoms with van der Waals surface area (Å²) in [5.74, 6) is -1.25. The molecule has 0 radical (unpaired) electrons. The molecule has 1 amide bonds. The molecule has 3 rings (SSSR count). The Balaban J connectivity index is 1.84. The van der Waals surface area contributed by atoms with E-state index in [-0.39, 0.29) is 27.8 Å². The summed E-state index contributed by atoms with van der Waals surface area (Å²) < 4.78 is 65.1. The summed E-state index contributed by atoms with van der Waals surface area (Å²) in [5.41, 5.74) is 1.33. The lowest BCUT2D eigenvalue weighted by Crippen LogP contribution is -2.20. The van der Waals surface area contributed by atoms with Crippen LogP contribution in [0.3, 0.4) is 0 Å². The highest BCUT2D eigenvalue weighted by Gasteiger charge is 2.28. The molecule has 0 bridgehead atoms. The van der Waals surface area contributed by atoms with E-state index >= 15 is 0 Å². The van der Waals surface area contributed by atoms with Gasteiger partial charge < -0.3 is 5.32 Å². The van der Waals surface area contributed by atoms with Crippen molar-refractivity contribution in [3.8, 4) is 0 Å². The van der Waals surface area contributed by atoms with Gasteiger partial charge in [0.15, 0.2) is 0 Å². The summed E-state index contributed by atoms with van der Waals surface area (Å²) >= 11 is 0.514. The lowest BCUT2D eigenvalue weighted by molar-refractivity contribution is -0.116. The van der Waals surface area contributed by atoms with E-state index < -0.39 is 22.0 Å². The maximum atomic E-state index is 12.7. The largest absolute Gasteiger partial charge is 0.398 e. The smallest absolute Gasteiger partial charge is 0.326 e. The summed E-state index contributed by atoms with van der Waals surface area (Å²) in [7, 11) is -3.99. The molecule has 2 aromatic carbocycles. The maximum absolute atomic E-state index is 12.7. The maximum Gasteiger partial charge on any atom is 0.398 e. The molecule has 0 atom stereocenters. The molecule has 27 heavy (non-hydrogen) atoms. The van der Waals surface area contributed by atoms with Crippen LogP contribution >= 0.6 is 11.8 Å². The minimum Gasteiger partial charge on any atom is -0.326 e. The highest BCUT2D eigenvalue weighted by molar-refractivity contribution is 7.99. The molecule has 0 fully saturated rings. The molecule has 0 aromatic heterocycles. The average molecular weight is 416 g/mol. The van der Waals surface area contributed by atoms with Gasteiger partial charge in [0.25, 0.3) is 10.0 Å². The molecule has 144 valence electrons. The molecule has 0 aliphatic carbocycles. The molecule has 0 spiro atoms. The van der Waals surface area contributed by atoms with Gasteiger partial charge in [-0.05, 0) is 42.3 Å². The Morgan fingerprint density at radius 2 is 1.85 bits per heavy atom. The molecule has 0 saturated heterocycles. The van der Waals surface area contributed by atoms with E-state index in [0.717, 1.165) is 0 Å². The number of anilines is 2. The van der Waals surface area contributed by atoms with Gasteiger partial charge in [-0.3, -0.25) is 9.52 Å². The van der Waals surface area contributed by atoms with Crippen LogP contribution in [0.2, 0.25) is 0 Å². The van der Waals surface area contributed by atoms with Crippen LogP contribution in [-0.2, 0) is 21.2 Å². The summed E-state index contributed by atoms with van der Waals surface area (Å²) in [6, 6.07) is 10.2.